The summed E-state index contributed by atoms with van der Waals surface area (Å²) in [5.41, 5.74) is 0.864. The summed E-state index contributed by atoms with van der Waals surface area (Å²) in [6.07, 6.45) is 5.06. The lowest BCUT2D eigenvalue weighted by Crippen LogP contribution is -2.60. The average Bonchev–Trinajstić information content (AvgIpc) is 2.84. The van der Waals surface area contributed by atoms with Gasteiger partial charge in [-0.2, -0.15) is 0 Å². The Labute approximate surface area is 185 Å². The number of carbonyl (C=O) groups excluding carboxylic acids is 1. The minimum Gasteiger partial charge on any atom is -0.493 e. The van der Waals surface area contributed by atoms with Gasteiger partial charge in [0.15, 0.2) is 11.5 Å². The number of morpholine rings is 1. The molecule has 3 aliphatic rings. The van der Waals surface area contributed by atoms with Gasteiger partial charge in [-0.1, -0.05) is 6.07 Å². The molecule has 7 heteroatoms. The van der Waals surface area contributed by atoms with E-state index in [0.29, 0.717) is 18.5 Å². The van der Waals surface area contributed by atoms with Crippen LogP contribution in [0.4, 0.5) is 0 Å². The Morgan fingerprint density at radius 3 is 2.81 bits per heavy atom. The number of nitrogens with one attached hydrogen (secondary N) is 2. The number of methoxy groups -OCH3 is 2. The van der Waals surface area contributed by atoms with Crippen molar-refractivity contribution in [3.05, 3.63) is 23.8 Å². The third-order valence-electron chi connectivity index (χ3n) is 7.53. The summed E-state index contributed by atoms with van der Waals surface area (Å²) in [4.78, 5) is 16.0. The normalized spacial score (nSPS) is 29.1. The molecule has 0 spiro atoms. The maximum absolute atomic E-state index is 13.4. The van der Waals surface area contributed by atoms with E-state index in [1.165, 1.54) is 0 Å². The van der Waals surface area contributed by atoms with Crippen LogP contribution in [0.1, 0.15) is 31.2 Å². The monoisotopic (exact) mass is 431 g/mol. The number of hydrogen-bond acceptors (Lipinski definition) is 6. The summed E-state index contributed by atoms with van der Waals surface area (Å²) in [5, 5.41) is 6.78. The molecule has 31 heavy (non-hydrogen) atoms. The van der Waals surface area contributed by atoms with Gasteiger partial charge in [-0.3, -0.25) is 9.69 Å². The molecule has 0 unspecified atom stereocenters. The van der Waals surface area contributed by atoms with Crippen LogP contribution in [-0.4, -0.2) is 77.0 Å². The van der Waals surface area contributed by atoms with Crippen LogP contribution in [-0.2, 0) is 16.0 Å². The van der Waals surface area contributed by atoms with Gasteiger partial charge in [-0.05, 0) is 62.3 Å². The van der Waals surface area contributed by atoms with Crippen LogP contribution in [0.15, 0.2) is 18.2 Å². The maximum Gasteiger partial charge on any atom is 0.227 e. The Bertz CT molecular complexity index is 752. The van der Waals surface area contributed by atoms with E-state index in [2.05, 4.69) is 15.5 Å². The number of piperidine rings is 1. The smallest absolute Gasteiger partial charge is 0.227 e. The van der Waals surface area contributed by atoms with Gasteiger partial charge in [0.2, 0.25) is 5.91 Å². The number of nitrogens with zero attached hydrogens (tertiary/aromatic N) is 1. The molecule has 2 N–H and O–H groups in total. The number of hydrogen-bond donors (Lipinski definition) is 2. The number of ether oxygens (including phenoxy) is 3. The summed E-state index contributed by atoms with van der Waals surface area (Å²) in [7, 11) is 3.28. The van der Waals surface area contributed by atoms with Crippen molar-refractivity contribution in [2.75, 3.05) is 60.2 Å². The molecule has 0 aromatic heterocycles. The number of rotatable bonds is 7. The fourth-order valence-corrected chi connectivity index (χ4v) is 5.70. The van der Waals surface area contributed by atoms with Crippen molar-refractivity contribution >= 4 is 5.91 Å². The number of fused-ring (bicyclic) bond motifs is 1. The van der Waals surface area contributed by atoms with E-state index in [-0.39, 0.29) is 11.3 Å². The van der Waals surface area contributed by atoms with Gasteiger partial charge in [-0.15, -0.1) is 0 Å². The van der Waals surface area contributed by atoms with Gasteiger partial charge in [0.05, 0.1) is 32.8 Å². The third kappa shape index (κ3) is 4.83. The molecule has 1 aliphatic carbocycles. The van der Waals surface area contributed by atoms with Gasteiger partial charge < -0.3 is 24.8 Å². The third-order valence-corrected chi connectivity index (χ3v) is 7.53. The molecule has 2 aliphatic heterocycles. The molecule has 172 valence electrons. The predicted octanol–water partition coefficient (Wildman–Crippen LogP) is 1.84. The molecular formula is C24H37N3O4. The van der Waals surface area contributed by atoms with Crippen LogP contribution >= 0.6 is 0 Å². The first-order valence-electron chi connectivity index (χ1n) is 11.7. The minimum atomic E-state index is -0.265. The van der Waals surface area contributed by atoms with Gasteiger partial charge in [0.25, 0.3) is 0 Å². The second-order valence-corrected chi connectivity index (χ2v) is 9.09. The molecule has 2 saturated heterocycles. The molecule has 7 nitrogen and oxygen atoms in total. The zero-order valence-corrected chi connectivity index (χ0v) is 19.0. The molecule has 1 amide bonds. The predicted molar refractivity (Wildman–Crippen MR) is 120 cm³/mol. The summed E-state index contributed by atoms with van der Waals surface area (Å²) >= 11 is 0. The van der Waals surface area contributed by atoms with Crippen molar-refractivity contribution in [1.82, 2.24) is 15.5 Å². The fraction of sp³-hybridized carbons (Fsp3) is 0.708. The van der Waals surface area contributed by atoms with E-state index in [1.54, 1.807) is 14.2 Å². The Morgan fingerprint density at radius 1 is 1.23 bits per heavy atom. The topological polar surface area (TPSA) is 72.1 Å². The van der Waals surface area contributed by atoms with Crippen LogP contribution in [0.5, 0.6) is 11.5 Å². The largest absolute Gasteiger partial charge is 0.493 e. The van der Waals surface area contributed by atoms with Crippen LogP contribution in [0.2, 0.25) is 0 Å². The molecule has 1 saturated carbocycles. The van der Waals surface area contributed by atoms with Crippen molar-refractivity contribution in [2.24, 2.45) is 11.3 Å². The maximum atomic E-state index is 13.4. The van der Waals surface area contributed by atoms with Crippen LogP contribution in [0.3, 0.4) is 0 Å². The lowest BCUT2D eigenvalue weighted by atomic mass is 9.61. The van der Waals surface area contributed by atoms with Crippen molar-refractivity contribution in [3.63, 3.8) is 0 Å². The molecule has 0 bridgehead atoms. The highest BCUT2D eigenvalue weighted by Crippen LogP contribution is 2.46. The molecule has 0 radical (unpaired) electrons. The van der Waals surface area contributed by atoms with Crippen LogP contribution in [0, 0.1) is 11.3 Å². The quantitative estimate of drug-likeness (QED) is 0.687. The van der Waals surface area contributed by atoms with Gasteiger partial charge >= 0.3 is 0 Å². The van der Waals surface area contributed by atoms with Crippen LogP contribution < -0.4 is 20.1 Å². The molecule has 2 heterocycles. The average molecular weight is 432 g/mol. The summed E-state index contributed by atoms with van der Waals surface area (Å²) < 4.78 is 16.2. The zero-order chi connectivity index (χ0) is 21.7. The first-order valence-corrected chi connectivity index (χ1v) is 11.7. The Kier molecular flexibility index (Phi) is 7.35. The highest BCUT2D eigenvalue weighted by Gasteiger charge is 2.50. The van der Waals surface area contributed by atoms with Gasteiger partial charge in [-0.25, -0.2) is 0 Å². The van der Waals surface area contributed by atoms with Crippen molar-refractivity contribution in [3.8, 4) is 11.5 Å². The van der Waals surface area contributed by atoms with E-state index in [4.69, 9.17) is 14.2 Å². The first-order chi connectivity index (χ1) is 15.2. The minimum absolute atomic E-state index is 0.227. The summed E-state index contributed by atoms with van der Waals surface area (Å²) in [6, 6.07) is 6.54. The van der Waals surface area contributed by atoms with Gasteiger partial charge in [0, 0.05) is 32.2 Å². The second-order valence-electron chi connectivity index (χ2n) is 9.09. The summed E-state index contributed by atoms with van der Waals surface area (Å²) in [6.45, 7) is 6.18. The molecule has 4 rings (SSSR count). The van der Waals surface area contributed by atoms with E-state index >= 15 is 0 Å². The van der Waals surface area contributed by atoms with Crippen LogP contribution in [0.25, 0.3) is 0 Å². The highest BCUT2D eigenvalue weighted by atomic mass is 16.5. The first kappa shape index (κ1) is 22.4. The van der Waals surface area contributed by atoms with Crippen molar-refractivity contribution in [2.45, 2.75) is 38.1 Å². The van der Waals surface area contributed by atoms with Crippen molar-refractivity contribution < 1.29 is 19.0 Å². The Balaban J connectivity index is 1.35. The molecule has 3 fully saturated rings. The lowest BCUT2D eigenvalue weighted by molar-refractivity contribution is -0.140. The van der Waals surface area contributed by atoms with E-state index in [1.807, 2.05) is 18.2 Å². The van der Waals surface area contributed by atoms with E-state index < -0.39 is 0 Å². The summed E-state index contributed by atoms with van der Waals surface area (Å²) in [5.74, 6) is 2.13. The van der Waals surface area contributed by atoms with Crippen molar-refractivity contribution in [1.29, 1.82) is 0 Å². The van der Waals surface area contributed by atoms with E-state index in [0.717, 1.165) is 88.6 Å². The highest BCUT2D eigenvalue weighted by molar-refractivity contribution is 5.83. The fourth-order valence-electron chi connectivity index (χ4n) is 5.70. The standard InChI is InChI=1S/C24H37N3O4/c1-29-21-4-3-18(15-22(21)30-2)6-10-26-23(28)24-8-5-20(27-11-13-31-14-12-27)16-19(24)7-9-25-17-24/h3-4,15,19-20,25H,5-14,16-17H2,1-2H3,(H,26,28)/t19-,20-,24-/m1/s1. The molecule has 1 aromatic carbocycles. The zero-order valence-electron chi connectivity index (χ0n) is 19.0. The lowest BCUT2D eigenvalue weighted by Gasteiger charge is -2.50. The van der Waals surface area contributed by atoms with E-state index in [9.17, 15) is 4.79 Å². The van der Waals surface area contributed by atoms with Gasteiger partial charge in [0.1, 0.15) is 0 Å². The molecule has 3 atom stereocenters. The number of carbonyl (C=O) groups is 1. The molecular weight excluding hydrogens is 394 g/mol. The SMILES string of the molecule is COc1ccc(CCNC(=O)[C@@]23CC[C@@H](N4CCOCC4)C[C@H]2CCNC3)cc1OC. The Hall–Kier alpha value is -1.83. The molecule has 1 aromatic rings. The second kappa shape index (κ2) is 10.2. The number of amides is 1. The Morgan fingerprint density at radius 2 is 2.03 bits per heavy atom. The number of benzene rings is 1.